The van der Waals surface area contributed by atoms with E-state index in [0.29, 0.717) is 26.2 Å². The second-order valence-electron chi connectivity index (χ2n) is 4.79. The number of carbonyl (C=O) groups is 1. The molecule has 2 fully saturated rings. The van der Waals surface area contributed by atoms with E-state index in [1.165, 1.54) is 0 Å². The largest absolute Gasteiger partial charge is 0.386 e. The van der Waals surface area contributed by atoms with E-state index in [1.54, 1.807) is 0 Å². The summed E-state index contributed by atoms with van der Waals surface area (Å²) in [6.07, 6.45) is 2.59. The zero-order valence-electron chi connectivity index (χ0n) is 9.50. The Morgan fingerprint density at radius 1 is 1.62 bits per heavy atom. The summed E-state index contributed by atoms with van der Waals surface area (Å²) in [6.45, 7) is 2.97. The lowest BCUT2D eigenvalue weighted by Crippen LogP contribution is -2.47. The van der Waals surface area contributed by atoms with Crippen LogP contribution in [0.2, 0.25) is 0 Å². The topological polar surface area (TPSA) is 70.6 Å². The highest BCUT2D eigenvalue weighted by Crippen LogP contribution is 2.17. The molecule has 5 heteroatoms. The van der Waals surface area contributed by atoms with E-state index >= 15 is 0 Å². The molecule has 2 aliphatic rings. The van der Waals surface area contributed by atoms with Crippen LogP contribution in [0, 0.1) is 5.92 Å². The molecule has 16 heavy (non-hydrogen) atoms. The van der Waals surface area contributed by atoms with Crippen LogP contribution in [-0.2, 0) is 9.53 Å². The van der Waals surface area contributed by atoms with E-state index in [4.69, 9.17) is 4.74 Å². The van der Waals surface area contributed by atoms with Crippen LogP contribution >= 0.6 is 0 Å². The lowest BCUT2D eigenvalue weighted by Gasteiger charge is -2.25. The van der Waals surface area contributed by atoms with Gasteiger partial charge in [0.1, 0.15) is 5.60 Å². The SMILES string of the molecule is O=C(NCC1(O)CCOC1)[C@@H]1CCCNC1. The molecule has 5 nitrogen and oxygen atoms in total. The van der Waals surface area contributed by atoms with Gasteiger partial charge >= 0.3 is 0 Å². The molecule has 2 rings (SSSR count). The third kappa shape index (κ3) is 2.93. The summed E-state index contributed by atoms with van der Waals surface area (Å²) in [6, 6.07) is 0. The quantitative estimate of drug-likeness (QED) is 0.594. The molecule has 0 aromatic rings. The van der Waals surface area contributed by atoms with Gasteiger partial charge in [-0.15, -0.1) is 0 Å². The average molecular weight is 228 g/mol. The summed E-state index contributed by atoms with van der Waals surface area (Å²) in [7, 11) is 0. The van der Waals surface area contributed by atoms with E-state index in [0.717, 1.165) is 25.9 Å². The van der Waals surface area contributed by atoms with Gasteiger partial charge in [0.15, 0.2) is 0 Å². The molecule has 0 bridgehead atoms. The Bertz CT molecular complexity index is 246. The molecule has 0 aromatic heterocycles. The fourth-order valence-corrected chi connectivity index (χ4v) is 2.21. The molecular formula is C11H20N2O3. The predicted molar refractivity (Wildman–Crippen MR) is 59.0 cm³/mol. The van der Waals surface area contributed by atoms with E-state index in [1.807, 2.05) is 0 Å². The van der Waals surface area contributed by atoms with Crippen molar-refractivity contribution in [2.24, 2.45) is 5.92 Å². The monoisotopic (exact) mass is 228 g/mol. The summed E-state index contributed by atoms with van der Waals surface area (Å²) in [4.78, 5) is 11.8. The van der Waals surface area contributed by atoms with Gasteiger partial charge in [0, 0.05) is 26.1 Å². The molecular weight excluding hydrogens is 208 g/mol. The second kappa shape index (κ2) is 5.12. The minimum atomic E-state index is -0.849. The highest BCUT2D eigenvalue weighted by molar-refractivity contribution is 5.79. The van der Waals surface area contributed by atoms with Gasteiger partial charge in [0.2, 0.25) is 5.91 Å². The van der Waals surface area contributed by atoms with Crippen molar-refractivity contribution in [3.05, 3.63) is 0 Å². The summed E-state index contributed by atoms with van der Waals surface area (Å²) in [5.41, 5.74) is -0.849. The fourth-order valence-electron chi connectivity index (χ4n) is 2.21. The number of piperidine rings is 1. The third-order valence-electron chi connectivity index (χ3n) is 3.34. The van der Waals surface area contributed by atoms with E-state index in [-0.39, 0.29) is 11.8 Å². The second-order valence-corrected chi connectivity index (χ2v) is 4.79. The molecule has 2 saturated heterocycles. The minimum absolute atomic E-state index is 0.0486. The van der Waals surface area contributed by atoms with Crippen molar-refractivity contribution in [2.45, 2.75) is 24.9 Å². The van der Waals surface area contributed by atoms with Crippen molar-refractivity contribution < 1.29 is 14.6 Å². The normalized spacial score (nSPS) is 34.9. The van der Waals surface area contributed by atoms with Crippen molar-refractivity contribution in [3.63, 3.8) is 0 Å². The molecule has 0 aliphatic carbocycles. The molecule has 0 radical (unpaired) electrons. The number of amides is 1. The van der Waals surface area contributed by atoms with Crippen molar-refractivity contribution in [1.82, 2.24) is 10.6 Å². The lowest BCUT2D eigenvalue weighted by molar-refractivity contribution is -0.126. The molecule has 0 saturated carbocycles. The standard InChI is InChI=1S/C11H20N2O3/c14-10(9-2-1-4-12-6-9)13-7-11(15)3-5-16-8-11/h9,12,15H,1-8H2,(H,13,14)/t9-,11?/m1/s1. The van der Waals surface area contributed by atoms with Crippen molar-refractivity contribution in [3.8, 4) is 0 Å². The van der Waals surface area contributed by atoms with Gasteiger partial charge in [-0.1, -0.05) is 0 Å². The Labute approximate surface area is 95.5 Å². The molecule has 1 unspecified atom stereocenters. The van der Waals surface area contributed by atoms with Crippen molar-refractivity contribution in [1.29, 1.82) is 0 Å². The fraction of sp³-hybridized carbons (Fsp3) is 0.909. The van der Waals surface area contributed by atoms with Crippen molar-refractivity contribution >= 4 is 5.91 Å². The van der Waals surface area contributed by atoms with Gasteiger partial charge in [-0.25, -0.2) is 0 Å². The van der Waals surface area contributed by atoms with E-state index in [9.17, 15) is 9.90 Å². The maximum absolute atomic E-state index is 11.8. The van der Waals surface area contributed by atoms with Crippen LogP contribution in [0.3, 0.4) is 0 Å². The minimum Gasteiger partial charge on any atom is -0.386 e. The van der Waals surface area contributed by atoms with Crippen LogP contribution in [0.5, 0.6) is 0 Å². The first-order chi connectivity index (χ1) is 7.70. The Balaban J connectivity index is 1.74. The highest BCUT2D eigenvalue weighted by Gasteiger charge is 2.33. The molecule has 3 N–H and O–H groups in total. The molecule has 2 heterocycles. The first kappa shape index (κ1) is 11.8. The molecule has 92 valence electrons. The number of hydrogen-bond acceptors (Lipinski definition) is 4. The number of nitrogens with one attached hydrogen (secondary N) is 2. The third-order valence-corrected chi connectivity index (χ3v) is 3.34. The van der Waals surface area contributed by atoms with Crippen LogP contribution in [0.25, 0.3) is 0 Å². The molecule has 2 aliphatic heterocycles. The summed E-state index contributed by atoms with van der Waals surface area (Å²) in [5, 5.41) is 16.0. The maximum atomic E-state index is 11.8. The Kier molecular flexibility index (Phi) is 3.78. The molecule has 0 aromatic carbocycles. The molecule has 2 atom stereocenters. The van der Waals surface area contributed by atoms with E-state index < -0.39 is 5.60 Å². The van der Waals surface area contributed by atoms with Crippen LogP contribution in [0.15, 0.2) is 0 Å². The zero-order chi connectivity index (χ0) is 11.4. The summed E-state index contributed by atoms with van der Waals surface area (Å²) >= 11 is 0. The van der Waals surface area contributed by atoms with Crippen LogP contribution < -0.4 is 10.6 Å². The number of carbonyl (C=O) groups excluding carboxylic acids is 1. The van der Waals surface area contributed by atoms with Gasteiger partial charge in [-0.05, 0) is 19.4 Å². The average Bonchev–Trinajstić information content (AvgIpc) is 2.75. The predicted octanol–water partition coefficient (Wildman–Crippen LogP) is -0.746. The number of aliphatic hydroxyl groups is 1. The highest BCUT2D eigenvalue weighted by atomic mass is 16.5. The maximum Gasteiger partial charge on any atom is 0.224 e. The van der Waals surface area contributed by atoms with Crippen LogP contribution in [-0.4, -0.2) is 49.5 Å². The zero-order valence-corrected chi connectivity index (χ0v) is 9.50. The number of rotatable bonds is 3. The van der Waals surface area contributed by atoms with Crippen LogP contribution in [0.4, 0.5) is 0 Å². The van der Waals surface area contributed by atoms with E-state index in [2.05, 4.69) is 10.6 Å². The molecule has 0 spiro atoms. The van der Waals surface area contributed by atoms with Crippen LogP contribution in [0.1, 0.15) is 19.3 Å². The first-order valence-corrected chi connectivity index (χ1v) is 5.98. The Morgan fingerprint density at radius 3 is 3.12 bits per heavy atom. The summed E-state index contributed by atoms with van der Waals surface area (Å²) < 4.78 is 5.12. The first-order valence-electron chi connectivity index (χ1n) is 5.98. The van der Waals surface area contributed by atoms with Gasteiger partial charge in [0.25, 0.3) is 0 Å². The van der Waals surface area contributed by atoms with Crippen molar-refractivity contribution in [2.75, 3.05) is 32.8 Å². The van der Waals surface area contributed by atoms with Gasteiger partial charge in [0.05, 0.1) is 12.5 Å². The molecule has 1 amide bonds. The Hall–Kier alpha value is -0.650. The number of hydrogen-bond donors (Lipinski definition) is 3. The Morgan fingerprint density at radius 2 is 2.50 bits per heavy atom. The smallest absolute Gasteiger partial charge is 0.224 e. The summed E-state index contributed by atoms with van der Waals surface area (Å²) in [5.74, 6) is 0.104. The lowest BCUT2D eigenvalue weighted by atomic mass is 9.98. The number of ether oxygens (including phenoxy) is 1. The van der Waals surface area contributed by atoms with Gasteiger partial charge in [-0.2, -0.15) is 0 Å². The van der Waals surface area contributed by atoms with Gasteiger partial charge < -0.3 is 20.5 Å². The van der Waals surface area contributed by atoms with Gasteiger partial charge in [-0.3, -0.25) is 4.79 Å².